The van der Waals surface area contributed by atoms with E-state index in [0.29, 0.717) is 23.4 Å². The maximum absolute atomic E-state index is 12.6. The summed E-state index contributed by atoms with van der Waals surface area (Å²) in [6.45, 7) is 6.26. The van der Waals surface area contributed by atoms with Gasteiger partial charge in [-0.05, 0) is 137 Å². The van der Waals surface area contributed by atoms with Gasteiger partial charge in [-0.1, -0.05) is 181 Å². The third kappa shape index (κ3) is 14.7. The third-order valence-electron chi connectivity index (χ3n) is 22.5. The molecule has 0 saturated heterocycles. The lowest BCUT2D eigenvalue weighted by atomic mass is 9.75. The van der Waals surface area contributed by atoms with Gasteiger partial charge >= 0.3 is 0 Å². The molecule has 0 spiro atoms. The molecule has 17 aromatic rings. The highest BCUT2D eigenvalue weighted by molar-refractivity contribution is 7.87. The molecule has 115 heavy (non-hydrogen) atoms. The van der Waals surface area contributed by atoms with Crippen LogP contribution in [-0.2, 0) is 28.6 Å². The van der Waals surface area contributed by atoms with Gasteiger partial charge in [0.05, 0.1) is 56.6 Å². The Bertz CT molecular complexity index is 6490. The summed E-state index contributed by atoms with van der Waals surface area (Å²) >= 11 is 0. The number of rotatable bonds is 17. The number of hydrogen-bond donors (Lipinski definition) is 3. The number of anilines is 3. The molecule has 0 aliphatic heterocycles. The molecule has 3 fully saturated rings. The van der Waals surface area contributed by atoms with Crippen LogP contribution in [0.2, 0.25) is 0 Å². The van der Waals surface area contributed by atoms with Crippen molar-refractivity contribution in [1.29, 1.82) is 0 Å². The fourth-order valence-corrected chi connectivity index (χ4v) is 17.8. The second kappa shape index (κ2) is 30.5. The Kier molecular flexibility index (Phi) is 19.5. The number of hydrogen-bond acceptors (Lipinski definition) is 18. The minimum Gasteiger partial charge on any atom is -0.382 e. The topological polar surface area (TPSA) is 294 Å². The van der Waals surface area contributed by atoms with Crippen molar-refractivity contribution in [2.24, 2.45) is 11.8 Å². The van der Waals surface area contributed by atoms with Crippen molar-refractivity contribution in [3.63, 3.8) is 0 Å². The summed E-state index contributed by atoms with van der Waals surface area (Å²) in [5.41, 5.74) is 38.7. The fraction of sp³-hybridized carbons (Fsp3) is 0.185. The molecular formula is C92H81N15O6S2. The van der Waals surface area contributed by atoms with E-state index in [2.05, 4.69) is 111 Å². The van der Waals surface area contributed by atoms with Crippen LogP contribution >= 0.6 is 0 Å². The van der Waals surface area contributed by atoms with E-state index >= 15 is 0 Å². The Balaban J connectivity index is 0.000000121. The van der Waals surface area contributed by atoms with Crippen LogP contribution in [-0.4, -0.2) is 88.1 Å². The van der Waals surface area contributed by atoms with Crippen LogP contribution in [0.3, 0.4) is 0 Å². The molecule has 0 unspecified atom stereocenters. The molecule has 0 radical (unpaired) electrons. The van der Waals surface area contributed by atoms with Gasteiger partial charge in [-0.25, -0.2) is 44.9 Å². The first kappa shape index (κ1) is 73.5. The first-order valence-corrected chi connectivity index (χ1v) is 41.4. The number of pyridine rings is 3. The summed E-state index contributed by atoms with van der Waals surface area (Å²) in [6.07, 6.45) is 17.6. The zero-order chi connectivity index (χ0) is 78.6. The molecule has 572 valence electrons. The molecule has 3 saturated carbocycles. The molecule has 8 aromatic carbocycles. The van der Waals surface area contributed by atoms with Crippen molar-refractivity contribution in [3.05, 3.63) is 296 Å². The predicted molar refractivity (Wildman–Crippen MR) is 452 cm³/mol. The first-order valence-electron chi connectivity index (χ1n) is 38.6. The molecule has 20 rings (SSSR count). The van der Waals surface area contributed by atoms with Crippen LogP contribution in [0, 0.1) is 32.6 Å². The molecule has 9 aromatic heterocycles. The maximum atomic E-state index is 12.6. The van der Waals surface area contributed by atoms with Gasteiger partial charge in [-0.15, -0.1) is 0 Å². The molecule has 21 nitrogen and oxygen atoms in total. The van der Waals surface area contributed by atoms with Crippen molar-refractivity contribution in [2.45, 2.75) is 93.3 Å². The van der Waals surface area contributed by atoms with Crippen LogP contribution in [0.25, 0.3) is 117 Å². The monoisotopic (exact) mass is 1560 g/mol. The van der Waals surface area contributed by atoms with Gasteiger partial charge in [-0.2, -0.15) is 16.8 Å². The van der Waals surface area contributed by atoms with Crippen molar-refractivity contribution in [1.82, 2.24) is 58.1 Å². The van der Waals surface area contributed by atoms with Gasteiger partial charge in [0.2, 0.25) is 0 Å². The fourth-order valence-electron chi connectivity index (χ4n) is 15.9. The lowest BCUT2D eigenvalue weighted by molar-refractivity contribution is 0.158. The van der Waals surface area contributed by atoms with E-state index in [4.69, 9.17) is 55.5 Å². The average molecular weight is 1560 g/mol. The zero-order valence-corrected chi connectivity index (χ0v) is 65.1. The zero-order valence-electron chi connectivity index (χ0n) is 63.4. The number of benzene rings is 8. The summed E-state index contributed by atoms with van der Waals surface area (Å²) < 4.78 is 67.6. The standard InChI is InChI=1S/2C33H29N5O3S.C26H23N5/c2*1-21-7-12-27(13-8-21)42(39,40)41-20-22-17-26(18-22)33-37-30(31-32(34)35-15-16-38(31)33)25-10-9-24-11-14-28(36-29(24)19-25)23-5-3-2-4-6-23;1-16-14-21(17-6-3-2-4-7-17)29-22-15-19(10-11-20(16)22)23-24-25(27)28-12-13-31(24)26(30-23)18-8-5-9-18/h2*2-16,19,22,26H,17-18,20H2,1H3,(H2,34,35);2-4,6-7,10-15,18H,5,8-9H2,1H3,(H2,27,28). The smallest absolute Gasteiger partial charge is 0.296 e. The molecule has 6 N–H and O–H groups in total. The quantitative estimate of drug-likeness (QED) is 0.0714. The number of imidazole rings is 3. The van der Waals surface area contributed by atoms with Crippen LogP contribution in [0.5, 0.6) is 0 Å². The number of nitrogens with two attached hydrogens (primary N) is 3. The molecule has 3 aliphatic carbocycles. The molecule has 23 heteroatoms. The van der Waals surface area contributed by atoms with Crippen LogP contribution in [0.15, 0.2) is 271 Å². The van der Waals surface area contributed by atoms with Crippen molar-refractivity contribution < 1.29 is 25.2 Å². The summed E-state index contributed by atoms with van der Waals surface area (Å²) in [5.74, 6) is 5.20. The Labute approximate surface area is 664 Å². The Morgan fingerprint density at radius 2 is 0.730 bits per heavy atom. The summed E-state index contributed by atoms with van der Waals surface area (Å²) in [5, 5.41) is 3.23. The van der Waals surface area contributed by atoms with E-state index in [9.17, 15) is 16.8 Å². The minimum absolute atomic E-state index is 0.117. The second-order valence-corrected chi connectivity index (χ2v) is 33.4. The Morgan fingerprint density at radius 1 is 0.374 bits per heavy atom. The number of aromatic nitrogens is 12. The van der Waals surface area contributed by atoms with Crippen molar-refractivity contribution in [3.8, 4) is 67.5 Å². The van der Waals surface area contributed by atoms with Gasteiger partial charge in [0.25, 0.3) is 20.2 Å². The summed E-state index contributed by atoms with van der Waals surface area (Å²) in [7, 11) is -7.59. The lowest BCUT2D eigenvalue weighted by Crippen LogP contribution is -2.28. The summed E-state index contributed by atoms with van der Waals surface area (Å²) in [6, 6.07) is 73.0. The lowest BCUT2D eigenvalue weighted by Gasteiger charge is -2.34. The van der Waals surface area contributed by atoms with Gasteiger partial charge in [0.15, 0.2) is 0 Å². The van der Waals surface area contributed by atoms with Crippen LogP contribution in [0.4, 0.5) is 17.5 Å². The van der Waals surface area contributed by atoms with Crippen LogP contribution in [0.1, 0.15) is 96.9 Å². The first-order chi connectivity index (χ1) is 55.9. The Morgan fingerprint density at radius 3 is 1.12 bits per heavy atom. The SMILES string of the molecule is Cc1cc(-c2ccccc2)nc2cc(-c3nc(C4CCC4)n4ccnc(N)c34)ccc12.Cc1ccc(S(=O)(=O)OCC2CC(c3nc(-c4ccc5ccc(-c6ccccc6)nc5c4)c4c(N)nccn34)C2)cc1.Cc1ccc(S(=O)(=O)OCC2CC(c3nc(-c4ccc5ccc(-c6ccccc6)nc5c4)c4c(N)nccn34)C2)cc1. The van der Waals surface area contributed by atoms with Crippen LogP contribution < -0.4 is 17.2 Å². The highest BCUT2D eigenvalue weighted by Crippen LogP contribution is 2.47. The van der Waals surface area contributed by atoms with Gasteiger partial charge < -0.3 is 17.2 Å². The van der Waals surface area contributed by atoms with Gasteiger partial charge in [0.1, 0.15) is 68.6 Å². The number of fused-ring (bicyclic) bond motifs is 6. The van der Waals surface area contributed by atoms with Gasteiger partial charge in [-0.3, -0.25) is 21.6 Å². The highest BCUT2D eigenvalue weighted by Gasteiger charge is 2.38. The van der Waals surface area contributed by atoms with E-state index in [1.165, 1.54) is 24.8 Å². The predicted octanol–water partition coefficient (Wildman–Crippen LogP) is 18.6. The number of nitrogens with zero attached hydrogens (tertiary/aromatic N) is 12. The molecular weight excluding hydrogens is 1480 g/mol. The van der Waals surface area contributed by atoms with Gasteiger partial charge in [0, 0.05) is 104 Å². The summed E-state index contributed by atoms with van der Waals surface area (Å²) in [4.78, 5) is 43.5. The largest absolute Gasteiger partial charge is 0.382 e. The second-order valence-electron chi connectivity index (χ2n) is 30.2. The van der Waals surface area contributed by atoms with Crippen molar-refractivity contribution >= 4 is 86.9 Å². The van der Waals surface area contributed by atoms with E-state index in [0.717, 1.165) is 171 Å². The van der Waals surface area contributed by atoms with E-state index < -0.39 is 20.2 Å². The minimum atomic E-state index is -3.79. The average Bonchev–Trinajstić information content (AvgIpc) is 1.61. The molecule has 9 heterocycles. The number of nitrogen functional groups attached to an aromatic ring is 3. The highest BCUT2D eigenvalue weighted by atomic mass is 32.2. The maximum Gasteiger partial charge on any atom is 0.296 e. The molecule has 0 amide bonds. The van der Waals surface area contributed by atoms with E-state index in [1.54, 1.807) is 67.1 Å². The third-order valence-corrected chi connectivity index (χ3v) is 25.1. The van der Waals surface area contributed by atoms with E-state index in [1.807, 2.05) is 132 Å². The van der Waals surface area contributed by atoms with Crippen molar-refractivity contribution in [2.75, 3.05) is 30.4 Å². The Hall–Kier alpha value is -12.9. The molecule has 3 aliphatic rings. The molecule has 0 atom stereocenters. The van der Waals surface area contributed by atoms with E-state index in [-0.39, 0.29) is 46.7 Å². The number of aryl methyl sites for hydroxylation is 3. The molecule has 0 bridgehead atoms. The normalized spacial score (nSPS) is 16.2.